The lowest BCUT2D eigenvalue weighted by molar-refractivity contribution is -0.148. The first-order valence-electron chi connectivity index (χ1n) is 4.43. The number of methoxy groups -OCH3 is 1. The van der Waals surface area contributed by atoms with Gasteiger partial charge in [0.2, 0.25) is 11.8 Å². The standard InChI is InChI=1S/C9H9Cl2FN2O3/c1-3(9(15)16-2)17-8-5(11)6(13)4(10)7(12)14-8/h3H,1-2H3,(H2,13,14)/t3-/m1/s1. The van der Waals surface area contributed by atoms with Gasteiger partial charge < -0.3 is 15.2 Å². The number of nitrogens with zero attached hydrogens (tertiary/aromatic N) is 1. The number of hydrogen-bond acceptors (Lipinski definition) is 5. The van der Waals surface area contributed by atoms with Crippen LogP contribution in [0.2, 0.25) is 10.0 Å². The average molecular weight is 283 g/mol. The summed E-state index contributed by atoms with van der Waals surface area (Å²) in [5.74, 6) is -2.00. The van der Waals surface area contributed by atoms with Crippen molar-refractivity contribution in [3.8, 4) is 5.88 Å². The monoisotopic (exact) mass is 282 g/mol. The second-order valence-corrected chi connectivity index (χ2v) is 3.79. The Balaban J connectivity index is 3.04. The van der Waals surface area contributed by atoms with Gasteiger partial charge in [-0.1, -0.05) is 23.2 Å². The Bertz CT molecular complexity index is 456. The van der Waals surface area contributed by atoms with Crippen molar-refractivity contribution in [2.45, 2.75) is 13.0 Å². The molecule has 0 spiro atoms. The minimum absolute atomic E-state index is 0.160. The number of halogens is 3. The van der Waals surface area contributed by atoms with Crippen LogP contribution in [-0.4, -0.2) is 24.2 Å². The number of carbonyl (C=O) groups is 1. The van der Waals surface area contributed by atoms with Gasteiger partial charge in [0.1, 0.15) is 10.0 Å². The van der Waals surface area contributed by atoms with Gasteiger partial charge in [0.05, 0.1) is 12.8 Å². The Labute approximate surface area is 107 Å². The highest BCUT2D eigenvalue weighted by Gasteiger charge is 2.21. The van der Waals surface area contributed by atoms with Crippen molar-refractivity contribution in [2.75, 3.05) is 12.8 Å². The van der Waals surface area contributed by atoms with Crippen molar-refractivity contribution in [2.24, 2.45) is 0 Å². The molecule has 94 valence electrons. The number of carbonyl (C=O) groups excluding carboxylic acids is 1. The SMILES string of the molecule is COC(=O)[C@@H](C)Oc1nc(F)c(Cl)c(N)c1Cl. The van der Waals surface area contributed by atoms with Crippen molar-refractivity contribution < 1.29 is 18.7 Å². The van der Waals surface area contributed by atoms with E-state index in [0.717, 1.165) is 0 Å². The summed E-state index contributed by atoms with van der Waals surface area (Å²) in [6.45, 7) is 1.40. The molecule has 1 aromatic heterocycles. The molecule has 17 heavy (non-hydrogen) atoms. The molecule has 2 N–H and O–H groups in total. The van der Waals surface area contributed by atoms with Crippen LogP contribution in [0.15, 0.2) is 0 Å². The van der Waals surface area contributed by atoms with Gasteiger partial charge in [0.25, 0.3) is 0 Å². The summed E-state index contributed by atoms with van der Waals surface area (Å²) in [5, 5.41) is -0.555. The van der Waals surface area contributed by atoms with E-state index in [0.29, 0.717) is 0 Å². The van der Waals surface area contributed by atoms with E-state index in [1.807, 2.05) is 0 Å². The lowest BCUT2D eigenvalue weighted by Crippen LogP contribution is -2.25. The van der Waals surface area contributed by atoms with Gasteiger partial charge in [-0.15, -0.1) is 0 Å². The molecule has 0 aliphatic rings. The Morgan fingerprint density at radius 1 is 1.47 bits per heavy atom. The third kappa shape index (κ3) is 2.89. The molecule has 0 aromatic carbocycles. The molecule has 1 atom stereocenters. The molecule has 8 heteroatoms. The highest BCUT2D eigenvalue weighted by Crippen LogP contribution is 2.35. The summed E-state index contributed by atoms with van der Waals surface area (Å²) in [6.07, 6.45) is -0.995. The number of rotatable bonds is 3. The lowest BCUT2D eigenvalue weighted by Gasteiger charge is -2.14. The minimum Gasteiger partial charge on any atom is -0.466 e. The van der Waals surface area contributed by atoms with Gasteiger partial charge in [0.15, 0.2) is 6.10 Å². The van der Waals surface area contributed by atoms with Crippen molar-refractivity contribution in [1.82, 2.24) is 4.98 Å². The average Bonchev–Trinajstić information content (AvgIpc) is 2.32. The van der Waals surface area contributed by atoms with E-state index in [-0.39, 0.29) is 16.6 Å². The van der Waals surface area contributed by atoms with Crippen LogP contribution in [-0.2, 0) is 9.53 Å². The molecular weight excluding hydrogens is 274 g/mol. The van der Waals surface area contributed by atoms with E-state index in [1.165, 1.54) is 14.0 Å². The number of esters is 1. The largest absolute Gasteiger partial charge is 0.466 e. The lowest BCUT2D eigenvalue weighted by atomic mass is 10.4. The van der Waals surface area contributed by atoms with Gasteiger partial charge in [-0.05, 0) is 6.92 Å². The molecule has 0 radical (unpaired) electrons. The summed E-state index contributed by atoms with van der Waals surface area (Å²) in [6, 6.07) is 0. The molecule has 0 amide bonds. The highest BCUT2D eigenvalue weighted by atomic mass is 35.5. The fraction of sp³-hybridized carbons (Fsp3) is 0.333. The third-order valence-electron chi connectivity index (χ3n) is 1.86. The Morgan fingerprint density at radius 2 is 2.06 bits per heavy atom. The van der Waals surface area contributed by atoms with Crippen molar-refractivity contribution in [3.05, 3.63) is 16.0 Å². The predicted molar refractivity (Wildman–Crippen MR) is 60.7 cm³/mol. The quantitative estimate of drug-likeness (QED) is 0.678. The number of ether oxygens (including phenoxy) is 2. The number of anilines is 1. The van der Waals surface area contributed by atoms with E-state index < -0.39 is 23.0 Å². The second-order valence-electron chi connectivity index (χ2n) is 3.03. The number of nitrogens with two attached hydrogens (primary N) is 1. The van der Waals surface area contributed by atoms with Gasteiger partial charge in [-0.2, -0.15) is 9.37 Å². The normalized spacial score (nSPS) is 12.1. The van der Waals surface area contributed by atoms with Crippen LogP contribution in [0.4, 0.5) is 10.1 Å². The zero-order valence-electron chi connectivity index (χ0n) is 8.96. The summed E-state index contributed by atoms with van der Waals surface area (Å²) in [7, 11) is 1.19. The van der Waals surface area contributed by atoms with Crippen LogP contribution < -0.4 is 10.5 Å². The highest BCUT2D eigenvalue weighted by molar-refractivity contribution is 6.39. The maximum absolute atomic E-state index is 13.2. The summed E-state index contributed by atoms with van der Waals surface area (Å²) in [5.41, 5.74) is 5.23. The number of pyridine rings is 1. The van der Waals surface area contributed by atoms with Gasteiger partial charge in [-0.3, -0.25) is 0 Å². The van der Waals surface area contributed by atoms with Crippen molar-refractivity contribution >= 4 is 34.9 Å². The van der Waals surface area contributed by atoms with E-state index in [9.17, 15) is 9.18 Å². The molecule has 0 unspecified atom stereocenters. The fourth-order valence-corrected chi connectivity index (χ4v) is 1.34. The Morgan fingerprint density at radius 3 is 2.59 bits per heavy atom. The predicted octanol–water partition coefficient (Wildman–Crippen LogP) is 2.05. The molecule has 0 saturated carbocycles. The van der Waals surface area contributed by atoms with E-state index >= 15 is 0 Å². The molecule has 0 fully saturated rings. The van der Waals surface area contributed by atoms with Gasteiger partial charge in [-0.25, -0.2) is 4.79 Å². The zero-order chi connectivity index (χ0) is 13.2. The summed E-state index contributed by atoms with van der Waals surface area (Å²) < 4.78 is 22.6. The number of hydrogen-bond donors (Lipinski definition) is 1. The first-order chi connectivity index (χ1) is 7.88. The molecule has 5 nitrogen and oxygen atoms in total. The van der Waals surface area contributed by atoms with Crippen LogP contribution in [0.1, 0.15) is 6.92 Å². The zero-order valence-corrected chi connectivity index (χ0v) is 10.5. The maximum Gasteiger partial charge on any atom is 0.346 e. The molecule has 0 saturated heterocycles. The van der Waals surface area contributed by atoms with Crippen LogP contribution in [0, 0.1) is 5.95 Å². The summed E-state index contributed by atoms with van der Waals surface area (Å²) in [4.78, 5) is 14.4. The van der Waals surface area contributed by atoms with Crippen LogP contribution in [0.3, 0.4) is 0 Å². The molecule has 0 aliphatic heterocycles. The van der Waals surface area contributed by atoms with Crippen LogP contribution >= 0.6 is 23.2 Å². The first-order valence-corrected chi connectivity index (χ1v) is 5.18. The molecule has 1 heterocycles. The Kier molecular flexibility index (Phi) is 4.36. The first kappa shape index (κ1) is 13.8. The van der Waals surface area contributed by atoms with E-state index in [1.54, 1.807) is 0 Å². The van der Waals surface area contributed by atoms with Gasteiger partial charge in [0, 0.05) is 0 Å². The van der Waals surface area contributed by atoms with E-state index in [2.05, 4.69) is 9.72 Å². The fourth-order valence-electron chi connectivity index (χ4n) is 0.970. The summed E-state index contributed by atoms with van der Waals surface area (Å²) >= 11 is 11.2. The molecule has 0 aliphatic carbocycles. The molecular formula is C9H9Cl2FN2O3. The molecule has 1 aromatic rings. The topological polar surface area (TPSA) is 74.4 Å². The maximum atomic E-state index is 13.2. The van der Waals surface area contributed by atoms with Crippen LogP contribution in [0.25, 0.3) is 0 Å². The van der Waals surface area contributed by atoms with E-state index in [4.69, 9.17) is 33.7 Å². The molecule has 0 bridgehead atoms. The molecule has 1 rings (SSSR count). The van der Waals surface area contributed by atoms with Crippen molar-refractivity contribution in [3.63, 3.8) is 0 Å². The Hall–Kier alpha value is -1.27. The van der Waals surface area contributed by atoms with Crippen molar-refractivity contribution in [1.29, 1.82) is 0 Å². The third-order valence-corrected chi connectivity index (χ3v) is 2.59. The smallest absolute Gasteiger partial charge is 0.346 e. The van der Waals surface area contributed by atoms with Gasteiger partial charge >= 0.3 is 5.97 Å². The number of nitrogen functional groups attached to an aromatic ring is 1. The minimum atomic E-state index is -1.03. The van der Waals surface area contributed by atoms with Crippen LogP contribution in [0.5, 0.6) is 5.88 Å². The second kappa shape index (κ2) is 5.37. The number of aromatic nitrogens is 1.